The standard InChI is InChI=1S/C19H18BrN5/c1-12-5-8-15(14(20)10-12)23-18-11-17(16-4-2-3-9-21-16)24-19(25-18)22-13-6-7-13/h2-5,8-11,13H,6-7H2,1H3,(H2,22,23,24,25). The first kappa shape index (κ1) is 16.0. The third-order valence-electron chi connectivity index (χ3n) is 3.95. The van der Waals surface area contributed by atoms with E-state index >= 15 is 0 Å². The number of pyridine rings is 1. The summed E-state index contributed by atoms with van der Waals surface area (Å²) in [6.07, 6.45) is 4.11. The SMILES string of the molecule is Cc1ccc(Nc2cc(-c3ccccn3)nc(NC3CC3)n2)c(Br)c1. The number of benzene rings is 1. The molecule has 0 aliphatic heterocycles. The summed E-state index contributed by atoms with van der Waals surface area (Å²) in [5.41, 5.74) is 3.79. The van der Waals surface area contributed by atoms with Gasteiger partial charge in [0.15, 0.2) is 0 Å². The van der Waals surface area contributed by atoms with Crippen molar-refractivity contribution in [3.63, 3.8) is 0 Å². The minimum atomic E-state index is 0.484. The van der Waals surface area contributed by atoms with E-state index in [0.29, 0.717) is 12.0 Å². The largest absolute Gasteiger partial charge is 0.351 e. The van der Waals surface area contributed by atoms with E-state index in [0.717, 1.165) is 27.4 Å². The number of hydrogen-bond acceptors (Lipinski definition) is 5. The van der Waals surface area contributed by atoms with Crippen molar-refractivity contribution in [1.82, 2.24) is 15.0 Å². The number of halogens is 1. The van der Waals surface area contributed by atoms with Gasteiger partial charge in [-0.3, -0.25) is 4.98 Å². The first-order valence-electron chi connectivity index (χ1n) is 8.27. The maximum atomic E-state index is 4.63. The van der Waals surface area contributed by atoms with Crippen LogP contribution in [0.3, 0.4) is 0 Å². The lowest BCUT2D eigenvalue weighted by Gasteiger charge is -2.12. The summed E-state index contributed by atoms with van der Waals surface area (Å²) >= 11 is 3.60. The normalized spacial score (nSPS) is 13.5. The van der Waals surface area contributed by atoms with E-state index in [-0.39, 0.29) is 0 Å². The van der Waals surface area contributed by atoms with Crippen LogP contribution in [0.2, 0.25) is 0 Å². The minimum Gasteiger partial charge on any atom is -0.351 e. The van der Waals surface area contributed by atoms with E-state index in [9.17, 15) is 0 Å². The molecule has 2 heterocycles. The maximum absolute atomic E-state index is 4.63. The minimum absolute atomic E-state index is 0.484. The molecule has 1 fully saturated rings. The fourth-order valence-corrected chi connectivity index (χ4v) is 3.08. The Morgan fingerprint density at radius 1 is 1.04 bits per heavy atom. The van der Waals surface area contributed by atoms with Gasteiger partial charge in [0, 0.05) is 22.8 Å². The van der Waals surface area contributed by atoms with Crippen LogP contribution < -0.4 is 10.6 Å². The third-order valence-corrected chi connectivity index (χ3v) is 4.61. The highest BCUT2D eigenvalue weighted by Crippen LogP contribution is 2.29. The molecule has 5 nitrogen and oxygen atoms in total. The number of aromatic nitrogens is 3. The quantitative estimate of drug-likeness (QED) is 0.641. The molecule has 6 heteroatoms. The Morgan fingerprint density at radius 3 is 2.64 bits per heavy atom. The highest BCUT2D eigenvalue weighted by atomic mass is 79.9. The molecule has 0 radical (unpaired) electrons. The van der Waals surface area contributed by atoms with Crippen molar-refractivity contribution in [1.29, 1.82) is 0 Å². The second kappa shape index (κ2) is 6.80. The fraction of sp³-hybridized carbons (Fsp3) is 0.211. The second-order valence-corrected chi connectivity index (χ2v) is 7.06. The van der Waals surface area contributed by atoms with Crippen LogP contribution in [0.4, 0.5) is 17.5 Å². The summed E-state index contributed by atoms with van der Waals surface area (Å²) in [6, 6.07) is 14.4. The highest BCUT2D eigenvalue weighted by molar-refractivity contribution is 9.10. The number of nitrogens with zero attached hydrogens (tertiary/aromatic N) is 3. The first-order valence-corrected chi connectivity index (χ1v) is 9.07. The molecule has 0 bridgehead atoms. The Labute approximate surface area is 155 Å². The van der Waals surface area contributed by atoms with Crippen molar-refractivity contribution < 1.29 is 0 Å². The summed E-state index contributed by atoms with van der Waals surface area (Å²) < 4.78 is 1.00. The van der Waals surface area contributed by atoms with Gasteiger partial charge in [0.05, 0.1) is 17.1 Å². The van der Waals surface area contributed by atoms with Crippen molar-refractivity contribution >= 4 is 33.4 Å². The fourth-order valence-electron chi connectivity index (χ4n) is 2.49. The summed E-state index contributed by atoms with van der Waals surface area (Å²) in [5, 5.41) is 6.75. The number of anilines is 3. The van der Waals surface area contributed by atoms with Gasteiger partial charge in [-0.15, -0.1) is 0 Å². The number of aryl methyl sites for hydroxylation is 1. The van der Waals surface area contributed by atoms with Crippen LogP contribution in [0.5, 0.6) is 0 Å². The molecule has 2 aromatic heterocycles. The van der Waals surface area contributed by atoms with E-state index < -0.39 is 0 Å². The van der Waals surface area contributed by atoms with Gasteiger partial charge in [-0.2, -0.15) is 4.98 Å². The van der Waals surface area contributed by atoms with Crippen LogP contribution in [0.25, 0.3) is 11.4 Å². The molecule has 1 aliphatic carbocycles. The number of rotatable bonds is 5. The monoisotopic (exact) mass is 395 g/mol. The molecule has 4 rings (SSSR count). The molecule has 126 valence electrons. The predicted molar refractivity (Wildman–Crippen MR) is 104 cm³/mol. The maximum Gasteiger partial charge on any atom is 0.225 e. The molecule has 0 spiro atoms. The third kappa shape index (κ3) is 3.96. The Morgan fingerprint density at radius 2 is 1.92 bits per heavy atom. The van der Waals surface area contributed by atoms with Crippen molar-refractivity contribution in [3.8, 4) is 11.4 Å². The van der Waals surface area contributed by atoms with Gasteiger partial charge < -0.3 is 10.6 Å². The molecule has 1 saturated carbocycles. The van der Waals surface area contributed by atoms with E-state index in [1.165, 1.54) is 18.4 Å². The number of hydrogen-bond donors (Lipinski definition) is 2. The van der Waals surface area contributed by atoms with Gasteiger partial charge in [0.2, 0.25) is 5.95 Å². The molecule has 2 N–H and O–H groups in total. The van der Waals surface area contributed by atoms with Crippen LogP contribution in [-0.2, 0) is 0 Å². The summed E-state index contributed by atoms with van der Waals surface area (Å²) in [6.45, 7) is 2.07. The van der Waals surface area contributed by atoms with Crippen molar-refractivity contribution in [3.05, 3.63) is 58.7 Å². The van der Waals surface area contributed by atoms with Gasteiger partial charge in [-0.25, -0.2) is 4.98 Å². The van der Waals surface area contributed by atoms with Crippen molar-refractivity contribution in [2.24, 2.45) is 0 Å². The van der Waals surface area contributed by atoms with E-state index in [1.807, 2.05) is 30.3 Å². The number of nitrogens with one attached hydrogen (secondary N) is 2. The lowest BCUT2D eigenvalue weighted by atomic mass is 10.2. The zero-order chi connectivity index (χ0) is 17.2. The van der Waals surface area contributed by atoms with Gasteiger partial charge in [0.25, 0.3) is 0 Å². The lowest BCUT2D eigenvalue weighted by molar-refractivity contribution is 1.05. The first-order chi connectivity index (χ1) is 12.2. The molecule has 0 amide bonds. The highest BCUT2D eigenvalue weighted by Gasteiger charge is 2.22. The lowest BCUT2D eigenvalue weighted by Crippen LogP contribution is -2.08. The van der Waals surface area contributed by atoms with E-state index in [2.05, 4.69) is 60.6 Å². The zero-order valence-corrected chi connectivity index (χ0v) is 15.4. The molecule has 1 aromatic carbocycles. The van der Waals surface area contributed by atoms with Crippen molar-refractivity contribution in [2.75, 3.05) is 10.6 Å². The van der Waals surface area contributed by atoms with Gasteiger partial charge >= 0.3 is 0 Å². The Bertz CT molecular complexity index is 894. The second-order valence-electron chi connectivity index (χ2n) is 6.20. The smallest absolute Gasteiger partial charge is 0.225 e. The van der Waals surface area contributed by atoms with Crippen LogP contribution in [0, 0.1) is 6.92 Å². The van der Waals surface area contributed by atoms with Crippen LogP contribution in [-0.4, -0.2) is 21.0 Å². The van der Waals surface area contributed by atoms with E-state index in [1.54, 1.807) is 6.20 Å². The topological polar surface area (TPSA) is 62.7 Å². The Hall–Kier alpha value is -2.47. The molecule has 0 atom stereocenters. The summed E-state index contributed by atoms with van der Waals surface area (Å²) in [4.78, 5) is 13.6. The van der Waals surface area contributed by atoms with Crippen LogP contribution in [0.15, 0.2) is 53.1 Å². The zero-order valence-electron chi connectivity index (χ0n) is 13.8. The Kier molecular flexibility index (Phi) is 4.36. The molecular weight excluding hydrogens is 378 g/mol. The average Bonchev–Trinajstić information content (AvgIpc) is 3.42. The molecule has 3 aromatic rings. The molecule has 0 unspecified atom stereocenters. The average molecular weight is 396 g/mol. The molecule has 0 saturated heterocycles. The van der Waals surface area contributed by atoms with E-state index in [4.69, 9.17) is 0 Å². The van der Waals surface area contributed by atoms with Gasteiger partial charge in [0.1, 0.15) is 5.82 Å². The van der Waals surface area contributed by atoms with Crippen LogP contribution in [0.1, 0.15) is 18.4 Å². The molecule has 25 heavy (non-hydrogen) atoms. The predicted octanol–water partition coefficient (Wildman–Crippen LogP) is 4.93. The Balaban J connectivity index is 1.70. The summed E-state index contributed by atoms with van der Waals surface area (Å²) in [7, 11) is 0. The van der Waals surface area contributed by atoms with Gasteiger partial charge in [-0.1, -0.05) is 12.1 Å². The van der Waals surface area contributed by atoms with Gasteiger partial charge in [-0.05, 0) is 65.5 Å². The molecular formula is C19H18BrN5. The van der Waals surface area contributed by atoms with Crippen molar-refractivity contribution in [2.45, 2.75) is 25.8 Å². The van der Waals surface area contributed by atoms with Crippen LogP contribution >= 0.6 is 15.9 Å². The molecule has 1 aliphatic rings. The summed E-state index contributed by atoms with van der Waals surface area (Å²) in [5.74, 6) is 1.37.